The largest absolute Gasteiger partial charge is 0.374 e. The van der Waals surface area contributed by atoms with Gasteiger partial charge in [-0.25, -0.2) is 0 Å². The summed E-state index contributed by atoms with van der Waals surface area (Å²) in [4.78, 5) is 2.76. The van der Waals surface area contributed by atoms with Crippen LogP contribution in [-0.4, -0.2) is 48.3 Å². The van der Waals surface area contributed by atoms with Crippen molar-refractivity contribution in [1.29, 1.82) is 0 Å². The predicted octanol–water partition coefficient (Wildman–Crippen LogP) is 3.43. The molecule has 0 aromatic rings. The number of ether oxygens (including phenoxy) is 1. The zero-order chi connectivity index (χ0) is 15.5. The Bertz CT molecular complexity index is 314. The molecule has 0 aliphatic carbocycles. The van der Waals surface area contributed by atoms with Crippen LogP contribution in [0.25, 0.3) is 0 Å². The van der Waals surface area contributed by atoms with E-state index in [4.69, 9.17) is 4.74 Å². The van der Waals surface area contributed by atoms with Gasteiger partial charge in [-0.3, -0.25) is 4.90 Å². The molecule has 21 heavy (non-hydrogen) atoms. The molecular formula is C18H36N2O. The maximum absolute atomic E-state index is 6.10. The Morgan fingerprint density at radius 3 is 2.48 bits per heavy atom. The van der Waals surface area contributed by atoms with Crippen molar-refractivity contribution in [2.75, 3.05) is 19.6 Å². The minimum Gasteiger partial charge on any atom is -0.374 e. The van der Waals surface area contributed by atoms with Gasteiger partial charge in [0.2, 0.25) is 0 Å². The fraction of sp³-hybridized carbons (Fsp3) is 1.00. The summed E-state index contributed by atoms with van der Waals surface area (Å²) in [6.45, 7) is 15.0. The van der Waals surface area contributed by atoms with Crippen LogP contribution in [0.5, 0.6) is 0 Å². The van der Waals surface area contributed by atoms with E-state index in [0.29, 0.717) is 23.8 Å². The zero-order valence-corrected chi connectivity index (χ0v) is 14.8. The van der Waals surface area contributed by atoms with E-state index in [1.165, 1.54) is 38.6 Å². The van der Waals surface area contributed by atoms with Crippen molar-refractivity contribution in [2.45, 2.75) is 90.5 Å². The van der Waals surface area contributed by atoms with Crippen LogP contribution in [-0.2, 0) is 4.74 Å². The normalized spacial score (nSPS) is 33.7. The third-order valence-electron chi connectivity index (χ3n) is 5.65. The first-order chi connectivity index (χ1) is 9.99. The van der Waals surface area contributed by atoms with Crippen molar-refractivity contribution < 1.29 is 4.74 Å². The maximum atomic E-state index is 6.10. The van der Waals surface area contributed by atoms with Gasteiger partial charge in [0.05, 0.1) is 12.2 Å². The van der Waals surface area contributed by atoms with Crippen molar-refractivity contribution in [3.05, 3.63) is 0 Å². The van der Waals surface area contributed by atoms with Gasteiger partial charge in [-0.05, 0) is 44.9 Å². The highest BCUT2D eigenvalue weighted by molar-refractivity contribution is 4.98. The first-order valence-corrected chi connectivity index (χ1v) is 9.13. The molecule has 2 heterocycles. The molecule has 0 saturated carbocycles. The lowest BCUT2D eigenvalue weighted by molar-refractivity contribution is -0.0284. The molecule has 2 rings (SSSR count). The van der Waals surface area contributed by atoms with E-state index in [2.05, 4.69) is 44.8 Å². The number of rotatable bonds is 6. The molecule has 0 radical (unpaired) electrons. The predicted molar refractivity (Wildman–Crippen MR) is 89.7 cm³/mol. The van der Waals surface area contributed by atoms with E-state index in [1.807, 2.05) is 0 Å². The molecule has 1 N–H and O–H groups in total. The molecule has 3 nitrogen and oxygen atoms in total. The fourth-order valence-corrected chi connectivity index (χ4v) is 4.18. The van der Waals surface area contributed by atoms with Gasteiger partial charge in [-0.15, -0.1) is 0 Å². The summed E-state index contributed by atoms with van der Waals surface area (Å²) in [6, 6.07) is 0.648. The van der Waals surface area contributed by atoms with E-state index in [-0.39, 0.29) is 0 Å². The first kappa shape index (κ1) is 17.2. The molecule has 124 valence electrons. The topological polar surface area (TPSA) is 24.5 Å². The number of hydrogen-bond acceptors (Lipinski definition) is 3. The van der Waals surface area contributed by atoms with Crippen LogP contribution in [0.4, 0.5) is 0 Å². The van der Waals surface area contributed by atoms with Gasteiger partial charge < -0.3 is 10.1 Å². The van der Waals surface area contributed by atoms with Crippen LogP contribution >= 0.6 is 0 Å². The lowest BCUT2D eigenvalue weighted by atomic mass is 9.85. The average Bonchev–Trinajstić information content (AvgIpc) is 2.85. The first-order valence-electron chi connectivity index (χ1n) is 9.13. The molecule has 0 bridgehead atoms. The van der Waals surface area contributed by atoms with Gasteiger partial charge in [-0.2, -0.15) is 0 Å². The molecular weight excluding hydrogens is 260 g/mol. The Hall–Kier alpha value is -0.120. The molecule has 0 spiro atoms. The van der Waals surface area contributed by atoms with Crippen molar-refractivity contribution >= 4 is 0 Å². The molecule has 3 atom stereocenters. The highest BCUT2D eigenvalue weighted by atomic mass is 16.5. The SMILES string of the molecule is CCC1(CC)CNC(CC(C)C)CN1CC1CCC(C)O1. The average molecular weight is 296 g/mol. The fourth-order valence-electron chi connectivity index (χ4n) is 4.18. The third kappa shape index (κ3) is 4.20. The van der Waals surface area contributed by atoms with Crippen LogP contribution in [0, 0.1) is 5.92 Å². The summed E-state index contributed by atoms with van der Waals surface area (Å²) in [7, 11) is 0. The Labute approximate surface area is 131 Å². The van der Waals surface area contributed by atoms with Crippen molar-refractivity contribution in [1.82, 2.24) is 10.2 Å². The van der Waals surface area contributed by atoms with Gasteiger partial charge in [0.1, 0.15) is 0 Å². The van der Waals surface area contributed by atoms with Crippen LogP contribution < -0.4 is 5.32 Å². The highest BCUT2D eigenvalue weighted by Crippen LogP contribution is 2.30. The van der Waals surface area contributed by atoms with E-state index >= 15 is 0 Å². The summed E-state index contributed by atoms with van der Waals surface area (Å²) >= 11 is 0. The summed E-state index contributed by atoms with van der Waals surface area (Å²) in [6.07, 6.45) is 7.13. The third-order valence-corrected chi connectivity index (χ3v) is 5.65. The van der Waals surface area contributed by atoms with Crippen molar-refractivity contribution in [3.8, 4) is 0 Å². The quantitative estimate of drug-likeness (QED) is 0.812. The van der Waals surface area contributed by atoms with Gasteiger partial charge in [0, 0.05) is 31.2 Å². The zero-order valence-electron chi connectivity index (χ0n) is 14.8. The number of hydrogen-bond donors (Lipinski definition) is 1. The van der Waals surface area contributed by atoms with Gasteiger partial charge in [0.15, 0.2) is 0 Å². The number of nitrogens with one attached hydrogen (secondary N) is 1. The highest BCUT2D eigenvalue weighted by Gasteiger charge is 2.40. The molecule has 2 fully saturated rings. The van der Waals surface area contributed by atoms with Gasteiger partial charge >= 0.3 is 0 Å². The second-order valence-corrected chi connectivity index (χ2v) is 7.69. The molecule has 3 heteroatoms. The van der Waals surface area contributed by atoms with E-state index in [1.54, 1.807) is 0 Å². The van der Waals surface area contributed by atoms with Gasteiger partial charge in [-0.1, -0.05) is 27.7 Å². The smallest absolute Gasteiger partial charge is 0.0706 e. The molecule has 0 aromatic carbocycles. The van der Waals surface area contributed by atoms with Crippen molar-refractivity contribution in [2.24, 2.45) is 5.92 Å². The van der Waals surface area contributed by atoms with Crippen molar-refractivity contribution in [3.63, 3.8) is 0 Å². The molecule has 0 amide bonds. The van der Waals surface area contributed by atoms with E-state index in [9.17, 15) is 0 Å². The minimum absolute atomic E-state index is 0.336. The van der Waals surface area contributed by atoms with E-state index in [0.717, 1.165) is 19.0 Å². The number of piperazine rings is 1. The molecule has 3 unspecified atom stereocenters. The molecule has 2 aliphatic rings. The summed E-state index contributed by atoms with van der Waals surface area (Å²) in [5.74, 6) is 0.767. The van der Waals surface area contributed by atoms with Crippen LogP contribution in [0.2, 0.25) is 0 Å². The maximum Gasteiger partial charge on any atom is 0.0706 e. The summed E-state index contributed by atoms with van der Waals surface area (Å²) in [5, 5.41) is 3.82. The van der Waals surface area contributed by atoms with Crippen LogP contribution in [0.3, 0.4) is 0 Å². The van der Waals surface area contributed by atoms with Crippen LogP contribution in [0.15, 0.2) is 0 Å². The molecule has 2 aliphatic heterocycles. The Morgan fingerprint density at radius 1 is 1.24 bits per heavy atom. The van der Waals surface area contributed by atoms with Gasteiger partial charge in [0.25, 0.3) is 0 Å². The second kappa shape index (κ2) is 7.43. The molecule has 2 saturated heterocycles. The van der Waals surface area contributed by atoms with Crippen LogP contribution in [0.1, 0.15) is 66.7 Å². The summed E-state index contributed by atoms with van der Waals surface area (Å²) < 4.78 is 6.10. The number of nitrogens with zero attached hydrogens (tertiary/aromatic N) is 1. The summed E-state index contributed by atoms with van der Waals surface area (Å²) in [5.41, 5.74) is 0.336. The Balaban J connectivity index is 2.02. The lowest BCUT2D eigenvalue weighted by Gasteiger charge is -2.50. The van der Waals surface area contributed by atoms with E-state index < -0.39 is 0 Å². The Morgan fingerprint density at radius 2 is 1.95 bits per heavy atom. The molecule has 0 aromatic heterocycles. The minimum atomic E-state index is 0.336. The second-order valence-electron chi connectivity index (χ2n) is 7.69. The lowest BCUT2D eigenvalue weighted by Crippen LogP contribution is -2.65. The standard InChI is InChI=1S/C18H36N2O/c1-6-18(7-2)13-19-16(10-14(3)4)11-20(18)12-17-9-8-15(5)21-17/h14-17,19H,6-13H2,1-5H3. The monoisotopic (exact) mass is 296 g/mol. The Kier molecular flexibility index (Phi) is 6.10.